The lowest BCUT2D eigenvalue weighted by Gasteiger charge is -2.30. The van der Waals surface area contributed by atoms with Gasteiger partial charge in [0.05, 0.1) is 45.5 Å². The monoisotopic (exact) mass is 706 g/mol. The van der Waals surface area contributed by atoms with E-state index in [0.717, 1.165) is 0 Å². The topological polar surface area (TPSA) is 177 Å². The van der Waals surface area contributed by atoms with Crippen molar-refractivity contribution in [3.63, 3.8) is 0 Å². The van der Waals surface area contributed by atoms with Crippen LogP contribution in [-0.2, 0) is 20.9 Å². The van der Waals surface area contributed by atoms with Crippen LogP contribution in [0.1, 0.15) is 42.1 Å². The summed E-state index contributed by atoms with van der Waals surface area (Å²) in [5.74, 6) is -0.829. The zero-order chi connectivity index (χ0) is 33.2. The van der Waals surface area contributed by atoms with Gasteiger partial charge in [0, 0.05) is 28.5 Å². The van der Waals surface area contributed by atoms with Crippen LogP contribution in [0, 0.1) is 21.4 Å². The summed E-state index contributed by atoms with van der Waals surface area (Å²) in [4.78, 5) is 36.5. The lowest BCUT2D eigenvalue weighted by molar-refractivity contribution is -0.386. The Kier molecular flexibility index (Phi) is 11.4. The zero-order valence-corrected chi connectivity index (χ0v) is 26.9. The molecule has 0 bridgehead atoms. The molecule has 0 spiro atoms. The minimum absolute atomic E-state index is 0.0221. The number of rotatable bonds is 12. The number of para-hydroxylation sites is 1. The number of nitrogens with one attached hydrogen (secondary N) is 3. The highest BCUT2D eigenvalue weighted by molar-refractivity contribution is 9.10. The van der Waals surface area contributed by atoms with Crippen molar-refractivity contribution >= 4 is 57.0 Å². The van der Waals surface area contributed by atoms with Crippen molar-refractivity contribution in [3.8, 4) is 17.6 Å². The summed E-state index contributed by atoms with van der Waals surface area (Å²) in [6.07, 6.45) is 1.23. The van der Waals surface area contributed by atoms with E-state index >= 15 is 0 Å². The van der Waals surface area contributed by atoms with Crippen LogP contribution in [0.5, 0.6) is 11.5 Å². The van der Waals surface area contributed by atoms with Gasteiger partial charge in [-0.15, -0.1) is 0 Å². The van der Waals surface area contributed by atoms with Gasteiger partial charge < -0.3 is 24.8 Å². The fourth-order valence-corrected chi connectivity index (χ4v) is 5.32. The van der Waals surface area contributed by atoms with Crippen molar-refractivity contribution in [2.45, 2.75) is 26.5 Å². The number of halogens is 1. The van der Waals surface area contributed by atoms with Crippen molar-refractivity contribution in [1.82, 2.24) is 16.1 Å². The molecule has 3 N–H and O–H groups in total. The number of hydrogen-bond donors (Lipinski definition) is 3. The maximum atomic E-state index is 12.7. The third-order valence-corrected chi connectivity index (χ3v) is 7.32. The van der Waals surface area contributed by atoms with Gasteiger partial charge in [0.15, 0.2) is 11.7 Å². The molecule has 1 atom stereocenters. The molecular formula is C31H27BrN6O7S. The number of nitro groups is 1. The quantitative estimate of drug-likeness (QED) is 0.0782. The predicted octanol–water partition coefficient (Wildman–Crippen LogP) is 4.69. The molecule has 0 aliphatic carbocycles. The zero-order valence-electron chi connectivity index (χ0n) is 24.5. The van der Waals surface area contributed by atoms with Crippen LogP contribution in [0.3, 0.4) is 0 Å². The summed E-state index contributed by atoms with van der Waals surface area (Å²) >= 11 is 8.60. The van der Waals surface area contributed by atoms with Gasteiger partial charge in [0.2, 0.25) is 5.75 Å². The third kappa shape index (κ3) is 8.23. The van der Waals surface area contributed by atoms with Gasteiger partial charge in [-0.3, -0.25) is 14.9 Å². The van der Waals surface area contributed by atoms with Gasteiger partial charge in [0.25, 0.3) is 5.91 Å². The Morgan fingerprint density at radius 1 is 1.20 bits per heavy atom. The van der Waals surface area contributed by atoms with Crippen molar-refractivity contribution in [2.24, 2.45) is 5.10 Å². The number of allylic oxidation sites excluding steroid dienone is 1. The molecule has 1 amide bonds. The van der Waals surface area contributed by atoms with Crippen molar-refractivity contribution in [3.05, 3.63) is 109 Å². The van der Waals surface area contributed by atoms with Gasteiger partial charge in [-0.25, -0.2) is 10.2 Å². The molecule has 236 valence electrons. The standard InChI is InChI=1S/C31H27BrN6O7S/c1-3-43-30(40)27-18(2)35-31(46)36-28(27)22-10-6-7-11-25(22)44-17-26(39)37-34-15-19-12-23(32)29(24(13-19)38(41)42)45-16-21-9-5-4-8-20(21)14-33/h4-13,15,28H,3,16-17H2,1-2H3,(H,37,39)(H2,35,36,46)/t28-/m0/s1. The van der Waals surface area contributed by atoms with E-state index in [1.165, 1.54) is 18.3 Å². The van der Waals surface area contributed by atoms with Gasteiger partial charge in [-0.2, -0.15) is 10.4 Å². The highest BCUT2D eigenvalue weighted by Gasteiger charge is 2.32. The van der Waals surface area contributed by atoms with Gasteiger partial charge in [-0.05, 0) is 60.2 Å². The van der Waals surface area contributed by atoms with Crippen LogP contribution >= 0.6 is 28.1 Å². The number of esters is 1. The number of carbonyl (C=O) groups excluding carboxylic acids is 2. The summed E-state index contributed by atoms with van der Waals surface area (Å²) < 4.78 is 17.0. The van der Waals surface area contributed by atoms with Crippen LogP contribution in [-0.4, -0.2) is 41.3 Å². The average Bonchev–Trinajstić information content (AvgIpc) is 3.03. The molecule has 0 aromatic heterocycles. The first-order valence-corrected chi connectivity index (χ1v) is 14.9. The molecule has 0 saturated heterocycles. The largest absolute Gasteiger partial charge is 0.483 e. The minimum Gasteiger partial charge on any atom is -0.483 e. The second-order valence-corrected chi connectivity index (χ2v) is 10.8. The fourth-order valence-electron chi connectivity index (χ4n) is 4.47. The van der Waals surface area contributed by atoms with Crippen LogP contribution in [0.15, 0.2) is 81.5 Å². The van der Waals surface area contributed by atoms with E-state index in [9.17, 15) is 25.0 Å². The Bertz CT molecular complexity index is 1790. The first kappa shape index (κ1) is 33.6. The average molecular weight is 708 g/mol. The van der Waals surface area contributed by atoms with E-state index in [2.05, 4.69) is 43.2 Å². The predicted molar refractivity (Wildman–Crippen MR) is 175 cm³/mol. The number of carbonyl (C=O) groups is 2. The van der Waals surface area contributed by atoms with E-state index in [4.69, 9.17) is 26.4 Å². The summed E-state index contributed by atoms with van der Waals surface area (Å²) in [6, 6.07) is 17.8. The number of ether oxygens (including phenoxy) is 3. The Morgan fingerprint density at radius 2 is 1.93 bits per heavy atom. The number of nitrogens with zero attached hydrogens (tertiary/aromatic N) is 3. The van der Waals surface area contributed by atoms with E-state index in [-0.39, 0.29) is 29.1 Å². The Hall–Kier alpha value is -5.33. The minimum atomic E-state index is -0.688. The molecule has 0 saturated carbocycles. The Labute approximate surface area is 277 Å². The molecule has 1 heterocycles. The number of hydrazone groups is 1. The van der Waals surface area contributed by atoms with Crippen molar-refractivity contribution in [2.75, 3.05) is 13.2 Å². The van der Waals surface area contributed by atoms with Crippen LogP contribution in [0.25, 0.3) is 0 Å². The molecule has 3 aromatic carbocycles. The highest BCUT2D eigenvalue weighted by Crippen LogP contribution is 2.37. The smallest absolute Gasteiger partial charge is 0.338 e. The SMILES string of the molecule is CCOC(=O)C1=C(C)NC(=S)N[C@H]1c1ccccc1OCC(=O)NN=Cc1cc(Br)c(OCc2ccccc2C#N)c([N+](=O)[O-])c1. The molecule has 1 aliphatic rings. The number of amides is 1. The molecule has 0 fully saturated rings. The first-order valence-electron chi connectivity index (χ1n) is 13.7. The normalized spacial score (nSPS) is 14.1. The van der Waals surface area contributed by atoms with Gasteiger partial charge in [-0.1, -0.05) is 36.4 Å². The summed E-state index contributed by atoms with van der Waals surface area (Å²) in [6.45, 7) is 3.12. The van der Waals surface area contributed by atoms with Gasteiger partial charge >= 0.3 is 11.7 Å². The number of nitriles is 1. The lowest BCUT2D eigenvalue weighted by Crippen LogP contribution is -2.45. The number of thiocarbonyl (C=S) groups is 1. The van der Waals surface area contributed by atoms with Crippen molar-refractivity contribution < 1.29 is 28.7 Å². The van der Waals surface area contributed by atoms with E-state index in [0.29, 0.717) is 44.4 Å². The molecule has 3 aromatic rings. The molecule has 15 heteroatoms. The summed E-state index contributed by atoms with van der Waals surface area (Å²) in [5.41, 5.74) is 4.68. The van der Waals surface area contributed by atoms with E-state index in [1.807, 2.05) is 0 Å². The van der Waals surface area contributed by atoms with Gasteiger partial charge in [0.1, 0.15) is 12.4 Å². The number of hydrogen-bond acceptors (Lipinski definition) is 10. The lowest BCUT2D eigenvalue weighted by atomic mass is 9.95. The molecule has 1 aliphatic heterocycles. The molecule has 13 nitrogen and oxygen atoms in total. The summed E-state index contributed by atoms with van der Waals surface area (Å²) in [7, 11) is 0. The van der Waals surface area contributed by atoms with E-state index < -0.39 is 29.4 Å². The van der Waals surface area contributed by atoms with Crippen LogP contribution in [0.4, 0.5) is 5.69 Å². The Morgan fingerprint density at radius 3 is 2.67 bits per heavy atom. The molecule has 46 heavy (non-hydrogen) atoms. The van der Waals surface area contributed by atoms with Crippen LogP contribution in [0.2, 0.25) is 0 Å². The first-order chi connectivity index (χ1) is 22.1. The molecule has 4 rings (SSSR count). The molecule has 0 radical (unpaired) electrons. The maximum Gasteiger partial charge on any atom is 0.338 e. The van der Waals surface area contributed by atoms with Crippen molar-refractivity contribution in [1.29, 1.82) is 5.26 Å². The molecule has 0 unspecified atom stereocenters. The summed E-state index contributed by atoms with van der Waals surface area (Å²) in [5, 5.41) is 31.3. The second-order valence-electron chi connectivity index (χ2n) is 9.58. The second kappa shape index (κ2) is 15.6. The fraction of sp³-hybridized carbons (Fsp3) is 0.194. The van der Waals surface area contributed by atoms with Crippen LogP contribution < -0.4 is 25.5 Å². The molecular weight excluding hydrogens is 680 g/mol. The number of benzene rings is 3. The van der Waals surface area contributed by atoms with E-state index in [1.54, 1.807) is 62.4 Å². The Balaban J connectivity index is 1.43. The maximum absolute atomic E-state index is 12.7. The number of nitro benzene ring substituents is 1. The highest BCUT2D eigenvalue weighted by atomic mass is 79.9. The third-order valence-electron chi connectivity index (χ3n) is 6.51.